The van der Waals surface area contributed by atoms with Crippen molar-refractivity contribution in [2.24, 2.45) is 0 Å². The lowest BCUT2D eigenvalue weighted by molar-refractivity contribution is -0.140. The molecule has 6 nitrogen and oxygen atoms in total. The Morgan fingerprint density at radius 3 is 2.41 bits per heavy atom. The second-order valence-electron chi connectivity index (χ2n) is 6.75. The Kier molecular flexibility index (Phi) is 5.14. The summed E-state index contributed by atoms with van der Waals surface area (Å²) in [7, 11) is 3.72. The van der Waals surface area contributed by atoms with Gasteiger partial charge in [0, 0.05) is 18.7 Å². The maximum atomic E-state index is 13.2. The first-order valence-electron chi connectivity index (χ1n) is 8.55. The van der Waals surface area contributed by atoms with Gasteiger partial charge in [-0.05, 0) is 57.4 Å². The van der Waals surface area contributed by atoms with Gasteiger partial charge in [0.05, 0.1) is 5.57 Å². The molecule has 1 saturated heterocycles. The van der Waals surface area contributed by atoms with E-state index in [1.54, 1.807) is 19.1 Å². The van der Waals surface area contributed by atoms with E-state index in [9.17, 15) is 19.1 Å². The van der Waals surface area contributed by atoms with Crippen LogP contribution in [0.5, 0.6) is 0 Å². The number of ketones is 1. The summed E-state index contributed by atoms with van der Waals surface area (Å²) in [6.45, 7) is 2.59. The number of likely N-dealkylation sites (N-methyl/N-ethyl adjacent to an activating group) is 1. The molecule has 3 rings (SSSR count). The molecule has 2 aromatic rings. The van der Waals surface area contributed by atoms with Crippen molar-refractivity contribution in [2.75, 3.05) is 27.2 Å². The van der Waals surface area contributed by atoms with E-state index in [0.29, 0.717) is 24.6 Å². The molecule has 0 bridgehead atoms. The molecule has 0 aliphatic carbocycles. The molecule has 2 heterocycles. The van der Waals surface area contributed by atoms with Gasteiger partial charge < -0.3 is 19.3 Å². The SMILES string of the molecule is Cc1ccc([C@H]2C(=C(O)c3ccc(F)cc3)C(=O)C(=O)N2CCN(C)C)o1. The van der Waals surface area contributed by atoms with Gasteiger partial charge in [-0.15, -0.1) is 0 Å². The van der Waals surface area contributed by atoms with E-state index in [4.69, 9.17) is 4.42 Å². The monoisotopic (exact) mass is 372 g/mol. The Morgan fingerprint density at radius 1 is 1.19 bits per heavy atom. The molecular weight excluding hydrogens is 351 g/mol. The summed E-state index contributed by atoms with van der Waals surface area (Å²) in [6.07, 6.45) is 0. The zero-order valence-corrected chi connectivity index (χ0v) is 15.4. The Balaban J connectivity index is 2.11. The van der Waals surface area contributed by atoms with E-state index in [1.807, 2.05) is 19.0 Å². The number of aryl methyl sites for hydroxylation is 1. The number of Topliss-reactive ketones (excluding diaryl/α,β-unsaturated/α-hetero) is 1. The van der Waals surface area contributed by atoms with Crippen molar-refractivity contribution in [1.82, 2.24) is 9.80 Å². The Morgan fingerprint density at radius 2 is 1.85 bits per heavy atom. The third kappa shape index (κ3) is 3.64. The number of aliphatic hydroxyl groups excluding tert-OH is 1. The highest BCUT2D eigenvalue weighted by molar-refractivity contribution is 6.46. The Labute approximate surface area is 156 Å². The standard InChI is InChI=1S/C20H21FN2O4/c1-12-4-9-15(27-12)17-16(18(24)13-5-7-14(21)8-6-13)19(25)20(26)23(17)11-10-22(2)3/h4-9,17,24H,10-11H2,1-3H3/t17-/m0/s1. The molecule has 142 valence electrons. The molecule has 0 radical (unpaired) electrons. The van der Waals surface area contributed by atoms with Crippen molar-refractivity contribution in [2.45, 2.75) is 13.0 Å². The number of amides is 1. The molecule has 1 fully saturated rings. The largest absolute Gasteiger partial charge is 0.507 e. The number of benzene rings is 1. The molecule has 1 N–H and O–H groups in total. The molecule has 1 atom stereocenters. The second kappa shape index (κ2) is 7.36. The molecule has 1 aromatic heterocycles. The Bertz CT molecular complexity index is 899. The summed E-state index contributed by atoms with van der Waals surface area (Å²) in [5, 5.41) is 10.7. The minimum absolute atomic E-state index is 0.0558. The Hall–Kier alpha value is -2.93. The van der Waals surface area contributed by atoms with Gasteiger partial charge in [0.1, 0.15) is 29.1 Å². The van der Waals surface area contributed by atoms with Crippen LogP contribution in [0.2, 0.25) is 0 Å². The lowest BCUT2D eigenvalue weighted by Crippen LogP contribution is -2.35. The van der Waals surface area contributed by atoms with Crippen LogP contribution in [0.3, 0.4) is 0 Å². The number of carbonyl (C=O) groups excluding carboxylic acids is 2. The minimum Gasteiger partial charge on any atom is -0.507 e. The molecule has 0 unspecified atom stereocenters. The topological polar surface area (TPSA) is 74.0 Å². The van der Waals surface area contributed by atoms with Crippen molar-refractivity contribution >= 4 is 17.4 Å². The normalized spacial score (nSPS) is 19.3. The molecular formula is C20H21FN2O4. The number of likely N-dealkylation sites (tertiary alicyclic amines) is 1. The van der Waals surface area contributed by atoms with Crippen molar-refractivity contribution in [3.05, 3.63) is 64.9 Å². The van der Waals surface area contributed by atoms with Crippen molar-refractivity contribution < 1.29 is 23.5 Å². The van der Waals surface area contributed by atoms with Crippen LogP contribution in [0, 0.1) is 12.7 Å². The molecule has 0 spiro atoms. The number of hydrogen-bond donors (Lipinski definition) is 1. The van der Waals surface area contributed by atoms with Crippen LogP contribution in [0.4, 0.5) is 4.39 Å². The first kappa shape index (κ1) is 18.8. The summed E-state index contributed by atoms with van der Waals surface area (Å²) >= 11 is 0. The van der Waals surface area contributed by atoms with Gasteiger partial charge in [0.15, 0.2) is 0 Å². The zero-order chi connectivity index (χ0) is 19.7. The molecule has 1 aromatic carbocycles. The highest BCUT2D eigenvalue weighted by Crippen LogP contribution is 2.39. The highest BCUT2D eigenvalue weighted by atomic mass is 19.1. The van der Waals surface area contributed by atoms with E-state index in [0.717, 1.165) is 0 Å². The maximum absolute atomic E-state index is 13.2. The van der Waals surface area contributed by atoms with Gasteiger partial charge in [0.2, 0.25) is 0 Å². The molecule has 0 saturated carbocycles. The van der Waals surface area contributed by atoms with Gasteiger partial charge in [-0.2, -0.15) is 0 Å². The second-order valence-corrected chi connectivity index (χ2v) is 6.75. The van der Waals surface area contributed by atoms with E-state index >= 15 is 0 Å². The van der Waals surface area contributed by atoms with Crippen LogP contribution in [0.1, 0.15) is 23.1 Å². The van der Waals surface area contributed by atoms with E-state index in [2.05, 4.69) is 0 Å². The van der Waals surface area contributed by atoms with Crippen molar-refractivity contribution in [3.63, 3.8) is 0 Å². The van der Waals surface area contributed by atoms with Crippen LogP contribution >= 0.6 is 0 Å². The van der Waals surface area contributed by atoms with Crippen LogP contribution < -0.4 is 0 Å². The van der Waals surface area contributed by atoms with Gasteiger partial charge in [-0.1, -0.05) is 0 Å². The molecule has 1 aliphatic rings. The number of hydrogen-bond acceptors (Lipinski definition) is 5. The van der Waals surface area contributed by atoms with Crippen molar-refractivity contribution in [3.8, 4) is 0 Å². The third-order valence-corrected chi connectivity index (χ3v) is 4.48. The van der Waals surface area contributed by atoms with Crippen LogP contribution in [0.25, 0.3) is 5.76 Å². The summed E-state index contributed by atoms with van der Waals surface area (Å²) in [5.74, 6) is -1.26. The quantitative estimate of drug-likeness (QED) is 0.496. The zero-order valence-electron chi connectivity index (χ0n) is 15.4. The van der Waals surface area contributed by atoms with Crippen molar-refractivity contribution in [1.29, 1.82) is 0 Å². The van der Waals surface area contributed by atoms with E-state index in [1.165, 1.54) is 29.2 Å². The number of halogens is 1. The summed E-state index contributed by atoms with van der Waals surface area (Å²) in [4.78, 5) is 28.6. The predicted octanol–water partition coefficient (Wildman–Crippen LogP) is 2.71. The summed E-state index contributed by atoms with van der Waals surface area (Å²) in [6, 6.07) is 7.69. The number of carbonyl (C=O) groups is 2. The first-order valence-corrected chi connectivity index (χ1v) is 8.55. The fourth-order valence-corrected chi connectivity index (χ4v) is 3.08. The number of furan rings is 1. The molecule has 1 amide bonds. The van der Waals surface area contributed by atoms with Crippen LogP contribution in [-0.2, 0) is 9.59 Å². The fourth-order valence-electron chi connectivity index (χ4n) is 3.08. The third-order valence-electron chi connectivity index (χ3n) is 4.48. The first-order chi connectivity index (χ1) is 12.8. The molecule has 1 aliphatic heterocycles. The lowest BCUT2D eigenvalue weighted by Gasteiger charge is -2.24. The predicted molar refractivity (Wildman–Crippen MR) is 97.4 cm³/mol. The van der Waals surface area contributed by atoms with Gasteiger partial charge >= 0.3 is 0 Å². The van der Waals surface area contributed by atoms with Crippen LogP contribution in [0.15, 0.2) is 46.4 Å². The molecule has 27 heavy (non-hydrogen) atoms. The fraction of sp³-hybridized carbons (Fsp3) is 0.300. The van der Waals surface area contributed by atoms with E-state index < -0.39 is 23.5 Å². The number of rotatable bonds is 5. The lowest BCUT2D eigenvalue weighted by atomic mass is 9.99. The number of aliphatic hydroxyl groups is 1. The van der Waals surface area contributed by atoms with E-state index in [-0.39, 0.29) is 16.9 Å². The van der Waals surface area contributed by atoms with Gasteiger partial charge in [-0.3, -0.25) is 9.59 Å². The molecule has 7 heteroatoms. The summed E-state index contributed by atoms with van der Waals surface area (Å²) in [5.41, 5.74) is 0.204. The number of nitrogens with zero attached hydrogens (tertiary/aromatic N) is 2. The smallest absolute Gasteiger partial charge is 0.295 e. The van der Waals surface area contributed by atoms with Gasteiger partial charge in [-0.25, -0.2) is 4.39 Å². The minimum atomic E-state index is -0.830. The maximum Gasteiger partial charge on any atom is 0.295 e. The summed E-state index contributed by atoms with van der Waals surface area (Å²) < 4.78 is 18.9. The van der Waals surface area contributed by atoms with Crippen LogP contribution in [-0.4, -0.2) is 53.8 Å². The average molecular weight is 372 g/mol. The van der Waals surface area contributed by atoms with Gasteiger partial charge in [0.25, 0.3) is 11.7 Å². The highest BCUT2D eigenvalue weighted by Gasteiger charge is 2.47. The average Bonchev–Trinajstić information content (AvgIpc) is 3.15.